The van der Waals surface area contributed by atoms with Gasteiger partial charge in [-0.2, -0.15) is 0 Å². The Balaban J connectivity index is 2.84. The van der Waals surface area contributed by atoms with Crippen molar-refractivity contribution in [2.75, 3.05) is 11.1 Å². The van der Waals surface area contributed by atoms with Crippen molar-refractivity contribution in [1.29, 1.82) is 0 Å². The van der Waals surface area contributed by atoms with Gasteiger partial charge in [0.25, 0.3) is 0 Å². The average molecular weight is 378 g/mol. The first-order chi connectivity index (χ1) is 9.63. The molecule has 0 spiro atoms. The van der Waals surface area contributed by atoms with E-state index in [2.05, 4.69) is 21.2 Å². The molecule has 21 heavy (non-hydrogen) atoms. The third-order valence-electron chi connectivity index (χ3n) is 2.68. The molecule has 0 bridgehead atoms. The first-order valence-electron chi connectivity index (χ1n) is 6.13. The van der Waals surface area contributed by atoms with Crippen molar-refractivity contribution in [3.05, 3.63) is 28.7 Å². The molecule has 0 aliphatic heterocycles. The number of nitrogens with one attached hydrogen (secondary N) is 1. The monoisotopic (exact) mass is 377 g/mol. The number of carboxylic acids is 1. The SMILES string of the molecule is CC(C)C(C(=O)O)S(=O)(=O)CC(=O)Nc1cccc(Br)c1. The molecule has 116 valence electrons. The molecule has 6 nitrogen and oxygen atoms in total. The van der Waals surface area contributed by atoms with E-state index in [1.165, 1.54) is 13.8 Å². The van der Waals surface area contributed by atoms with Crippen molar-refractivity contribution >= 4 is 43.3 Å². The Morgan fingerprint density at radius 3 is 2.43 bits per heavy atom. The molecule has 1 atom stereocenters. The normalized spacial score (nSPS) is 13.0. The maximum Gasteiger partial charge on any atom is 0.322 e. The van der Waals surface area contributed by atoms with Gasteiger partial charge < -0.3 is 10.4 Å². The minimum absolute atomic E-state index is 0.431. The summed E-state index contributed by atoms with van der Waals surface area (Å²) in [5, 5.41) is 9.84. The highest BCUT2D eigenvalue weighted by Gasteiger charge is 2.36. The number of hydrogen-bond donors (Lipinski definition) is 2. The number of hydrogen-bond acceptors (Lipinski definition) is 4. The summed E-state index contributed by atoms with van der Waals surface area (Å²) in [7, 11) is -4.07. The van der Waals surface area contributed by atoms with Crippen LogP contribution >= 0.6 is 15.9 Å². The Morgan fingerprint density at radius 1 is 1.33 bits per heavy atom. The predicted octanol–water partition coefficient (Wildman–Crippen LogP) is 1.91. The van der Waals surface area contributed by atoms with E-state index < -0.39 is 38.6 Å². The summed E-state index contributed by atoms with van der Waals surface area (Å²) < 4.78 is 24.8. The minimum atomic E-state index is -4.07. The lowest BCUT2D eigenvalue weighted by molar-refractivity contribution is -0.137. The van der Waals surface area contributed by atoms with Crippen molar-refractivity contribution in [2.24, 2.45) is 5.92 Å². The summed E-state index contributed by atoms with van der Waals surface area (Å²) in [4.78, 5) is 22.8. The van der Waals surface area contributed by atoms with Crippen LogP contribution in [0, 0.1) is 5.92 Å². The highest BCUT2D eigenvalue weighted by Crippen LogP contribution is 2.17. The fourth-order valence-corrected chi connectivity index (χ4v) is 4.04. The van der Waals surface area contributed by atoms with Crippen LogP contribution in [0.25, 0.3) is 0 Å². The van der Waals surface area contributed by atoms with Crippen molar-refractivity contribution in [3.63, 3.8) is 0 Å². The second-order valence-electron chi connectivity index (χ2n) is 4.87. The first kappa shape index (κ1) is 17.6. The number of rotatable bonds is 6. The molecule has 0 aliphatic rings. The number of amides is 1. The van der Waals surface area contributed by atoms with Crippen LogP contribution in [0.5, 0.6) is 0 Å². The van der Waals surface area contributed by atoms with Gasteiger partial charge in [-0.1, -0.05) is 35.8 Å². The molecule has 1 amide bonds. The number of aliphatic carboxylic acids is 1. The molecule has 1 unspecified atom stereocenters. The summed E-state index contributed by atoms with van der Waals surface area (Å²) in [6.07, 6.45) is 0. The van der Waals surface area contributed by atoms with Crippen LogP contribution in [0.1, 0.15) is 13.8 Å². The Labute approximate surface area is 131 Å². The standard InChI is InChI=1S/C13H16BrNO5S/c1-8(2)12(13(17)18)21(19,20)7-11(16)15-10-5-3-4-9(14)6-10/h3-6,8,12H,7H2,1-2H3,(H,15,16)(H,17,18). The fraction of sp³-hybridized carbons (Fsp3) is 0.385. The Kier molecular flexibility index (Phi) is 5.91. The van der Waals surface area contributed by atoms with E-state index in [-0.39, 0.29) is 0 Å². The van der Waals surface area contributed by atoms with E-state index >= 15 is 0 Å². The molecule has 1 aromatic rings. The average Bonchev–Trinajstić information content (AvgIpc) is 2.25. The van der Waals surface area contributed by atoms with Crippen LogP contribution in [0.15, 0.2) is 28.7 Å². The first-order valence-corrected chi connectivity index (χ1v) is 8.64. The van der Waals surface area contributed by atoms with Gasteiger partial charge in [0.2, 0.25) is 5.91 Å². The molecule has 8 heteroatoms. The van der Waals surface area contributed by atoms with Crippen LogP contribution in [0.3, 0.4) is 0 Å². The van der Waals surface area contributed by atoms with E-state index in [1.54, 1.807) is 24.3 Å². The Morgan fingerprint density at radius 2 is 1.95 bits per heavy atom. The van der Waals surface area contributed by atoms with Gasteiger partial charge in [0.15, 0.2) is 15.1 Å². The largest absolute Gasteiger partial charge is 0.480 e. The number of anilines is 1. The van der Waals surface area contributed by atoms with Crippen molar-refractivity contribution in [1.82, 2.24) is 0 Å². The quantitative estimate of drug-likeness (QED) is 0.788. The number of benzene rings is 1. The molecule has 0 radical (unpaired) electrons. The van der Waals surface area contributed by atoms with Gasteiger partial charge in [-0.25, -0.2) is 8.42 Å². The van der Waals surface area contributed by atoms with E-state index in [0.717, 1.165) is 4.47 Å². The lowest BCUT2D eigenvalue weighted by Crippen LogP contribution is -2.39. The van der Waals surface area contributed by atoms with Gasteiger partial charge >= 0.3 is 5.97 Å². The fourth-order valence-electron chi connectivity index (χ4n) is 1.89. The third-order valence-corrected chi connectivity index (χ3v) is 5.35. The maximum absolute atomic E-state index is 12.0. The van der Waals surface area contributed by atoms with Crippen LogP contribution in [-0.2, 0) is 19.4 Å². The number of carboxylic acid groups (broad SMARTS) is 1. The zero-order chi connectivity index (χ0) is 16.2. The van der Waals surface area contributed by atoms with Crippen molar-refractivity contribution in [3.8, 4) is 0 Å². The number of sulfone groups is 1. The molecular weight excluding hydrogens is 362 g/mol. The van der Waals surface area contributed by atoms with Gasteiger partial charge in [-0.3, -0.25) is 9.59 Å². The molecule has 0 heterocycles. The lowest BCUT2D eigenvalue weighted by atomic mass is 10.1. The number of carbonyl (C=O) groups is 2. The highest BCUT2D eigenvalue weighted by molar-refractivity contribution is 9.10. The Bertz CT molecular complexity index is 642. The van der Waals surface area contributed by atoms with E-state index in [4.69, 9.17) is 5.11 Å². The zero-order valence-electron chi connectivity index (χ0n) is 11.5. The summed E-state index contributed by atoms with van der Waals surface area (Å²) in [5.41, 5.74) is 0.431. The number of carbonyl (C=O) groups excluding carboxylic acids is 1. The maximum atomic E-state index is 12.0. The molecule has 0 saturated heterocycles. The molecule has 1 aromatic carbocycles. The van der Waals surface area contributed by atoms with Gasteiger partial charge in [-0.05, 0) is 24.1 Å². The molecule has 0 fully saturated rings. The number of halogens is 1. The topological polar surface area (TPSA) is 101 Å². The summed E-state index contributed by atoms with van der Waals surface area (Å²) in [6.45, 7) is 2.98. The van der Waals surface area contributed by atoms with Gasteiger partial charge in [0.05, 0.1) is 0 Å². The van der Waals surface area contributed by atoms with Crippen molar-refractivity contribution in [2.45, 2.75) is 19.1 Å². The Hall–Kier alpha value is -1.41. The van der Waals surface area contributed by atoms with Crippen LogP contribution in [0.2, 0.25) is 0 Å². The van der Waals surface area contributed by atoms with E-state index in [1.807, 2.05) is 0 Å². The minimum Gasteiger partial charge on any atom is -0.480 e. The lowest BCUT2D eigenvalue weighted by Gasteiger charge is -2.16. The smallest absolute Gasteiger partial charge is 0.322 e. The molecule has 0 saturated carbocycles. The highest BCUT2D eigenvalue weighted by atomic mass is 79.9. The molecular formula is C13H16BrNO5S. The van der Waals surface area contributed by atoms with Crippen molar-refractivity contribution < 1.29 is 23.1 Å². The zero-order valence-corrected chi connectivity index (χ0v) is 13.9. The molecule has 1 rings (SSSR count). The summed E-state index contributed by atoms with van der Waals surface area (Å²) >= 11 is 3.23. The predicted molar refractivity (Wildman–Crippen MR) is 82.8 cm³/mol. The van der Waals surface area contributed by atoms with Crippen LogP contribution in [0.4, 0.5) is 5.69 Å². The van der Waals surface area contributed by atoms with Crippen LogP contribution < -0.4 is 5.32 Å². The second kappa shape index (κ2) is 7.04. The van der Waals surface area contributed by atoms with E-state index in [0.29, 0.717) is 5.69 Å². The third kappa shape index (κ3) is 5.13. The van der Waals surface area contributed by atoms with E-state index in [9.17, 15) is 18.0 Å². The van der Waals surface area contributed by atoms with Gasteiger partial charge in [-0.15, -0.1) is 0 Å². The van der Waals surface area contributed by atoms with Gasteiger partial charge in [0.1, 0.15) is 5.75 Å². The second-order valence-corrected chi connectivity index (χ2v) is 7.91. The molecule has 0 aromatic heterocycles. The summed E-state index contributed by atoms with van der Waals surface area (Å²) in [5.74, 6) is -3.69. The van der Waals surface area contributed by atoms with Gasteiger partial charge in [0, 0.05) is 10.2 Å². The summed E-state index contributed by atoms with van der Waals surface area (Å²) in [6, 6.07) is 6.65. The molecule has 0 aliphatic carbocycles. The molecule has 2 N–H and O–H groups in total. The van der Waals surface area contributed by atoms with Crippen LogP contribution in [-0.4, -0.2) is 36.4 Å².